The van der Waals surface area contributed by atoms with Crippen LogP contribution in [0.15, 0.2) is 30.3 Å². The molecule has 0 amide bonds. The molecule has 2 unspecified atom stereocenters. The Morgan fingerprint density at radius 3 is 2.63 bits per heavy atom. The van der Waals surface area contributed by atoms with Crippen molar-refractivity contribution in [1.82, 2.24) is 25.5 Å². The van der Waals surface area contributed by atoms with Crippen molar-refractivity contribution in [3.8, 4) is 11.4 Å². The molecule has 1 heterocycles. The van der Waals surface area contributed by atoms with Crippen LogP contribution in [0.25, 0.3) is 11.4 Å². The summed E-state index contributed by atoms with van der Waals surface area (Å²) in [4.78, 5) is 1.68. The van der Waals surface area contributed by atoms with Gasteiger partial charge in [0.2, 0.25) is 5.82 Å². The number of aromatic nitrogens is 4. The van der Waals surface area contributed by atoms with Crippen LogP contribution in [-0.2, 0) is 0 Å². The normalized spacial score (nSPS) is 14.3. The number of tetrazole rings is 1. The summed E-state index contributed by atoms with van der Waals surface area (Å²) in [6.45, 7) is 7.28. The average molecular weight is 259 g/mol. The molecular formula is C14H21N5. The molecular weight excluding hydrogens is 238 g/mol. The molecule has 0 spiro atoms. The van der Waals surface area contributed by atoms with Crippen molar-refractivity contribution in [2.24, 2.45) is 0 Å². The summed E-state index contributed by atoms with van der Waals surface area (Å²) in [6, 6.07) is 10.6. The van der Waals surface area contributed by atoms with E-state index in [1.165, 1.54) is 0 Å². The van der Waals surface area contributed by atoms with Gasteiger partial charge in [-0.05, 0) is 25.5 Å². The molecule has 2 rings (SSSR count). The van der Waals surface area contributed by atoms with Crippen LogP contribution in [0.1, 0.15) is 33.2 Å². The highest BCUT2D eigenvalue weighted by Crippen LogP contribution is 2.13. The van der Waals surface area contributed by atoms with Crippen LogP contribution in [0.5, 0.6) is 0 Å². The number of hydrogen-bond acceptors (Lipinski definition) is 4. The minimum Gasteiger partial charge on any atom is -0.312 e. The van der Waals surface area contributed by atoms with E-state index in [1.54, 1.807) is 4.80 Å². The quantitative estimate of drug-likeness (QED) is 0.864. The minimum atomic E-state index is 0.193. The molecule has 1 aromatic heterocycles. The Morgan fingerprint density at radius 2 is 1.95 bits per heavy atom. The second-order valence-corrected chi connectivity index (χ2v) is 4.87. The zero-order valence-corrected chi connectivity index (χ0v) is 11.7. The second kappa shape index (κ2) is 6.43. The first-order chi connectivity index (χ1) is 9.20. The molecule has 0 aliphatic heterocycles. The van der Waals surface area contributed by atoms with Gasteiger partial charge in [0.15, 0.2) is 0 Å². The number of hydrogen-bond donors (Lipinski definition) is 1. The van der Waals surface area contributed by atoms with Crippen LogP contribution in [0, 0.1) is 0 Å². The second-order valence-electron chi connectivity index (χ2n) is 4.87. The van der Waals surface area contributed by atoms with Gasteiger partial charge in [-0.15, -0.1) is 10.2 Å². The Labute approximate surface area is 114 Å². The van der Waals surface area contributed by atoms with E-state index >= 15 is 0 Å². The third-order valence-electron chi connectivity index (χ3n) is 3.23. The van der Waals surface area contributed by atoms with Crippen molar-refractivity contribution >= 4 is 0 Å². The third-order valence-corrected chi connectivity index (χ3v) is 3.23. The first-order valence-corrected chi connectivity index (χ1v) is 6.79. The molecule has 2 atom stereocenters. The number of nitrogens with one attached hydrogen (secondary N) is 1. The van der Waals surface area contributed by atoms with Gasteiger partial charge >= 0.3 is 0 Å². The van der Waals surface area contributed by atoms with Gasteiger partial charge in [-0.25, -0.2) is 0 Å². The fraction of sp³-hybridized carbons (Fsp3) is 0.500. The highest BCUT2D eigenvalue weighted by atomic mass is 15.6. The van der Waals surface area contributed by atoms with E-state index in [1.807, 2.05) is 30.3 Å². The van der Waals surface area contributed by atoms with Gasteiger partial charge in [0, 0.05) is 18.2 Å². The Balaban J connectivity index is 2.01. The van der Waals surface area contributed by atoms with Gasteiger partial charge < -0.3 is 5.32 Å². The lowest BCUT2D eigenvalue weighted by Crippen LogP contribution is -2.31. The molecule has 0 saturated carbocycles. The van der Waals surface area contributed by atoms with Crippen molar-refractivity contribution in [3.63, 3.8) is 0 Å². The van der Waals surface area contributed by atoms with Gasteiger partial charge in [-0.3, -0.25) is 0 Å². The van der Waals surface area contributed by atoms with E-state index in [2.05, 4.69) is 41.5 Å². The highest BCUT2D eigenvalue weighted by molar-refractivity contribution is 5.52. The van der Waals surface area contributed by atoms with Crippen LogP contribution in [-0.4, -0.2) is 32.8 Å². The van der Waals surface area contributed by atoms with E-state index in [9.17, 15) is 0 Å². The molecule has 0 aliphatic rings. The highest BCUT2D eigenvalue weighted by Gasteiger charge is 2.11. The topological polar surface area (TPSA) is 55.6 Å². The van der Waals surface area contributed by atoms with E-state index in [4.69, 9.17) is 0 Å². The molecule has 1 aromatic carbocycles. The van der Waals surface area contributed by atoms with Crippen LogP contribution in [0.2, 0.25) is 0 Å². The predicted molar refractivity (Wildman–Crippen MR) is 75.7 cm³/mol. The van der Waals surface area contributed by atoms with Gasteiger partial charge in [0.25, 0.3) is 0 Å². The van der Waals surface area contributed by atoms with Gasteiger partial charge in [0.1, 0.15) is 0 Å². The summed E-state index contributed by atoms with van der Waals surface area (Å²) in [5, 5.41) is 16.1. The van der Waals surface area contributed by atoms with Crippen LogP contribution in [0.3, 0.4) is 0 Å². The SMILES string of the molecule is CCC(C)NCC(C)n1nnc(-c2ccccc2)n1. The minimum absolute atomic E-state index is 0.193. The van der Waals surface area contributed by atoms with Crippen molar-refractivity contribution in [2.45, 2.75) is 39.3 Å². The molecule has 1 N–H and O–H groups in total. The number of benzene rings is 1. The maximum Gasteiger partial charge on any atom is 0.204 e. The summed E-state index contributed by atoms with van der Waals surface area (Å²) in [5.41, 5.74) is 0.996. The molecule has 0 aliphatic carbocycles. The molecule has 2 aromatic rings. The monoisotopic (exact) mass is 259 g/mol. The Kier molecular flexibility index (Phi) is 4.63. The predicted octanol–water partition coefficient (Wildman–Crippen LogP) is 2.29. The van der Waals surface area contributed by atoms with Crippen molar-refractivity contribution in [3.05, 3.63) is 30.3 Å². The fourth-order valence-electron chi connectivity index (χ4n) is 1.71. The molecule has 0 radical (unpaired) electrons. The smallest absolute Gasteiger partial charge is 0.204 e. The molecule has 5 heteroatoms. The first kappa shape index (κ1) is 13.7. The van der Waals surface area contributed by atoms with Crippen LogP contribution in [0.4, 0.5) is 0 Å². The van der Waals surface area contributed by atoms with E-state index in [0.717, 1.165) is 18.5 Å². The number of nitrogens with zero attached hydrogens (tertiary/aromatic N) is 4. The molecule has 19 heavy (non-hydrogen) atoms. The first-order valence-electron chi connectivity index (χ1n) is 6.79. The molecule has 5 nitrogen and oxygen atoms in total. The summed E-state index contributed by atoms with van der Waals surface area (Å²) in [5.74, 6) is 0.677. The van der Waals surface area contributed by atoms with E-state index < -0.39 is 0 Å². The van der Waals surface area contributed by atoms with Crippen LogP contribution >= 0.6 is 0 Å². The molecule has 0 bridgehead atoms. The maximum absolute atomic E-state index is 4.44. The van der Waals surface area contributed by atoms with E-state index in [0.29, 0.717) is 11.9 Å². The van der Waals surface area contributed by atoms with Crippen LogP contribution < -0.4 is 5.32 Å². The maximum atomic E-state index is 4.44. The summed E-state index contributed by atoms with van der Waals surface area (Å²) in [6.07, 6.45) is 1.12. The van der Waals surface area contributed by atoms with Crippen molar-refractivity contribution < 1.29 is 0 Å². The molecule has 0 fully saturated rings. The third kappa shape index (κ3) is 3.61. The lowest BCUT2D eigenvalue weighted by atomic mass is 10.2. The summed E-state index contributed by atoms with van der Waals surface area (Å²) < 4.78 is 0. The Hall–Kier alpha value is -1.75. The summed E-state index contributed by atoms with van der Waals surface area (Å²) >= 11 is 0. The largest absolute Gasteiger partial charge is 0.312 e. The van der Waals surface area contributed by atoms with Gasteiger partial charge in [-0.1, -0.05) is 37.3 Å². The Bertz CT molecular complexity index is 494. The molecule has 102 valence electrons. The lowest BCUT2D eigenvalue weighted by molar-refractivity contribution is 0.380. The van der Waals surface area contributed by atoms with Gasteiger partial charge in [0.05, 0.1) is 6.04 Å². The van der Waals surface area contributed by atoms with Gasteiger partial charge in [-0.2, -0.15) is 4.80 Å². The standard InChI is InChI=1S/C14H21N5/c1-4-11(2)15-10-12(3)19-17-14(16-18-19)13-8-6-5-7-9-13/h5-9,11-12,15H,4,10H2,1-3H3. The zero-order chi connectivity index (χ0) is 13.7. The summed E-state index contributed by atoms with van der Waals surface area (Å²) in [7, 11) is 0. The number of rotatable bonds is 6. The zero-order valence-electron chi connectivity index (χ0n) is 11.7. The average Bonchev–Trinajstić information content (AvgIpc) is 2.95. The fourth-order valence-corrected chi connectivity index (χ4v) is 1.71. The molecule has 0 saturated heterocycles. The lowest BCUT2D eigenvalue weighted by Gasteiger charge is -2.15. The Morgan fingerprint density at radius 1 is 1.21 bits per heavy atom. The van der Waals surface area contributed by atoms with Crippen molar-refractivity contribution in [1.29, 1.82) is 0 Å². The van der Waals surface area contributed by atoms with Crippen molar-refractivity contribution in [2.75, 3.05) is 6.54 Å². The van der Waals surface area contributed by atoms with E-state index in [-0.39, 0.29) is 6.04 Å².